The lowest BCUT2D eigenvalue weighted by molar-refractivity contribution is -0.144. The molecule has 68 valence electrons. The Kier molecular flexibility index (Phi) is 1.61. The highest BCUT2D eigenvalue weighted by atomic mass is 19.1. The predicted octanol–water partition coefficient (Wildman–Crippen LogP) is 0.597. The van der Waals surface area contributed by atoms with Crippen LogP contribution in [0.25, 0.3) is 0 Å². The zero-order valence-corrected chi connectivity index (χ0v) is 6.97. The minimum Gasteiger partial charge on any atom is -0.468 e. The lowest BCUT2D eigenvalue weighted by Gasteiger charge is -2.23. The number of nitrogens with one attached hydrogen (secondary N) is 1. The molecule has 3 nitrogen and oxygen atoms in total. The summed E-state index contributed by atoms with van der Waals surface area (Å²) in [5, 5.41) is 2.68. The molecule has 2 rings (SSSR count). The zero-order valence-electron chi connectivity index (χ0n) is 6.97. The van der Waals surface area contributed by atoms with Gasteiger partial charge in [-0.05, 0) is 25.2 Å². The van der Waals surface area contributed by atoms with Gasteiger partial charge in [0.15, 0.2) is 5.79 Å². The molecule has 0 amide bonds. The maximum atomic E-state index is 13.5. The number of esters is 1. The van der Waals surface area contributed by atoms with E-state index in [2.05, 4.69) is 10.1 Å². The number of carbonyl (C=O) groups excluding carboxylic acids is 1. The summed E-state index contributed by atoms with van der Waals surface area (Å²) in [6.45, 7) is 0. The predicted molar refractivity (Wildman–Crippen MR) is 40.1 cm³/mol. The van der Waals surface area contributed by atoms with Crippen LogP contribution >= 0.6 is 0 Å². The largest absolute Gasteiger partial charge is 0.468 e. The Morgan fingerprint density at radius 1 is 1.75 bits per heavy atom. The molecule has 0 radical (unpaired) electrons. The number of carbonyl (C=O) groups is 1. The second-order valence-electron chi connectivity index (χ2n) is 3.61. The van der Waals surface area contributed by atoms with Crippen LogP contribution in [0.15, 0.2) is 0 Å². The Hall–Kier alpha value is -0.640. The quantitative estimate of drug-likeness (QED) is 0.466. The third kappa shape index (κ3) is 1.02. The number of rotatable bonds is 1. The summed E-state index contributed by atoms with van der Waals surface area (Å²) >= 11 is 0. The maximum Gasteiger partial charge on any atom is 0.323 e. The summed E-state index contributed by atoms with van der Waals surface area (Å²) in [7, 11) is 1.33. The van der Waals surface area contributed by atoms with Gasteiger partial charge in [-0.3, -0.25) is 10.1 Å². The summed E-state index contributed by atoms with van der Waals surface area (Å²) in [5.74, 6) is -1.48. The first-order valence-electron chi connectivity index (χ1n) is 4.19. The molecule has 0 aromatic rings. The van der Waals surface area contributed by atoms with Crippen LogP contribution in [0.1, 0.15) is 19.3 Å². The number of hydrogen-bond acceptors (Lipinski definition) is 3. The number of fused-ring (bicyclic) bond motifs is 2. The summed E-state index contributed by atoms with van der Waals surface area (Å²) < 4.78 is 18.1. The molecule has 2 bridgehead atoms. The summed E-state index contributed by atoms with van der Waals surface area (Å²) in [6.07, 6.45) is 1.79. The van der Waals surface area contributed by atoms with Gasteiger partial charge in [0.05, 0.1) is 7.11 Å². The van der Waals surface area contributed by atoms with Crippen molar-refractivity contribution in [2.45, 2.75) is 31.1 Å². The lowest BCUT2D eigenvalue weighted by Crippen LogP contribution is -2.47. The summed E-state index contributed by atoms with van der Waals surface area (Å²) in [6, 6.07) is -0.409. The molecule has 1 aliphatic heterocycles. The normalized spacial score (nSPS) is 44.8. The minimum atomic E-state index is -1.29. The number of alkyl halides is 1. The molecule has 2 aliphatic rings. The average Bonchev–Trinajstić information content (AvgIpc) is 2.57. The number of methoxy groups -OCH3 is 1. The van der Waals surface area contributed by atoms with Crippen molar-refractivity contribution in [3.8, 4) is 0 Å². The molecule has 1 saturated heterocycles. The van der Waals surface area contributed by atoms with E-state index >= 15 is 0 Å². The number of ether oxygens (including phenoxy) is 1. The first kappa shape index (κ1) is 7.98. The van der Waals surface area contributed by atoms with Crippen molar-refractivity contribution >= 4 is 5.97 Å². The van der Waals surface area contributed by atoms with Crippen molar-refractivity contribution in [3.63, 3.8) is 0 Å². The van der Waals surface area contributed by atoms with Crippen molar-refractivity contribution in [1.29, 1.82) is 0 Å². The lowest BCUT2D eigenvalue weighted by atomic mass is 10.0. The van der Waals surface area contributed by atoms with Crippen LogP contribution < -0.4 is 5.32 Å². The fourth-order valence-corrected chi connectivity index (χ4v) is 2.22. The first-order chi connectivity index (χ1) is 5.64. The summed E-state index contributed by atoms with van der Waals surface area (Å²) in [5.41, 5.74) is 0. The topological polar surface area (TPSA) is 38.3 Å². The van der Waals surface area contributed by atoms with Crippen molar-refractivity contribution < 1.29 is 13.9 Å². The molecule has 2 fully saturated rings. The second-order valence-corrected chi connectivity index (χ2v) is 3.61. The minimum absolute atomic E-state index is 0.141. The van der Waals surface area contributed by atoms with Crippen LogP contribution in [0.4, 0.5) is 4.39 Å². The van der Waals surface area contributed by atoms with Crippen molar-refractivity contribution in [3.05, 3.63) is 0 Å². The monoisotopic (exact) mass is 173 g/mol. The number of hydrogen-bond donors (Lipinski definition) is 1. The van der Waals surface area contributed by atoms with Gasteiger partial charge in [0, 0.05) is 0 Å². The number of piperidine rings is 1. The van der Waals surface area contributed by atoms with Crippen LogP contribution in [-0.4, -0.2) is 24.9 Å². The van der Waals surface area contributed by atoms with E-state index in [0.29, 0.717) is 12.8 Å². The molecule has 0 aromatic carbocycles. The standard InChI is InChI=1S/C8H12FNO2/c1-12-7(11)6-5-2-3-8(9,4-5)10-6/h5-6,10H,2-4H2,1H3/t5-,6+,8+/m0/s1. The first-order valence-corrected chi connectivity index (χ1v) is 4.19. The van der Waals surface area contributed by atoms with E-state index in [4.69, 9.17) is 0 Å². The molecule has 1 aliphatic carbocycles. The van der Waals surface area contributed by atoms with Gasteiger partial charge in [-0.2, -0.15) is 0 Å². The molecular formula is C8H12FNO2. The molecule has 12 heavy (non-hydrogen) atoms. The van der Waals surface area contributed by atoms with Crippen molar-refractivity contribution in [1.82, 2.24) is 5.32 Å². The fraction of sp³-hybridized carbons (Fsp3) is 0.875. The van der Waals surface area contributed by atoms with Crippen molar-refractivity contribution in [2.75, 3.05) is 7.11 Å². The Labute approximate surface area is 70.3 Å². The Morgan fingerprint density at radius 2 is 2.50 bits per heavy atom. The zero-order chi connectivity index (χ0) is 8.77. The van der Waals surface area contributed by atoms with E-state index in [9.17, 15) is 9.18 Å². The highest BCUT2D eigenvalue weighted by Gasteiger charge is 2.53. The van der Waals surface area contributed by atoms with E-state index in [1.165, 1.54) is 7.11 Å². The molecule has 3 atom stereocenters. The Morgan fingerprint density at radius 3 is 2.92 bits per heavy atom. The van der Waals surface area contributed by atoms with Crippen LogP contribution in [0.2, 0.25) is 0 Å². The summed E-state index contributed by atoms with van der Waals surface area (Å²) in [4.78, 5) is 11.1. The third-order valence-electron chi connectivity index (χ3n) is 2.84. The van der Waals surface area contributed by atoms with Gasteiger partial charge in [-0.15, -0.1) is 0 Å². The highest BCUT2D eigenvalue weighted by Crippen LogP contribution is 2.44. The van der Waals surface area contributed by atoms with Gasteiger partial charge in [0.1, 0.15) is 6.04 Å². The fourth-order valence-electron chi connectivity index (χ4n) is 2.22. The van der Waals surface area contributed by atoms with Gasteiger partial charge in [-0.1, -0.05) is 0 Å². The molecular weight excluding hydrogens is 161 g/mol. The molecule has 0 unspecified atom stereocenters. The van der Waals surface area contributed by atoms with Crippen LogP contribution in [0, 0.1) is 5.92 Å². The van der Waals surface area contributed by atoms with E-state index < -0.39 is 11.8 Å². The third-order valence-corrected chi connectivity index (χ3v) is 2.84. The van der Waals surface area contributed by atoms with Crippen molar-refractivity contribution in [2.24, 2.45) is 5.92 Å². The van der Waals surface area contributed by atoms with Gasteiger partial charge in [0.2, 0.25) is 0 Å². The van der Waals surface area contributed by atoms with E-state index in [-0.39, 0.29) is 11.9 Å². The van der Waals surface area contributed by atoms with Crippen LogP contribution in [0.5, 0.6) is 0 Å². The van der Waals surface area contributed by atoms with Gasteiger partial charge in [0.25, 0.3) is 0 Å². The molecule has 0 aromatic heterocycles. The van der Waals surface area contributed by atoms with E-state index in [1.807, 2.05) is 0 Å². The molecule has 1 heterocycles. The number of halogens is 1. The van der Waals surface area contributed by atoms with E-state index in [0.717, 1.165) is 6.42 Å². The molecule has 1 N–H and O–H groups in total. The van der Waals surface area contributed by atoms with Crippen LogP contribution in [0.3, 0.4) is 0 Å². The smallest absolute Gasteiger partial charge is 0.323 e. The highest BCUT2D eigenvalue weighted by molar-refractivity contribution is 5.76. The maximum absolute atomic E-state index is 13.5. The van der Waals surface area contributed by atoms with Crippen LogP contribution in [-0.2, 0) is 9.53 Å². The Bertz CT molecular complexity index is 221. The van der Waals surface area contributed by atoms with Gasteiger partial charge < -0.3 is 4.74 Å². The average molecular weight is 173 g/mol. The molecule has 0 spiro atoms. The second kappa shape index (κ2) is 2.42. The van der Waals surface area contributed by atoms with Gasteiger partial charge in [-0.25, -0.2) is 4.39 Å². The molecule has 1 saturated carbocycles. The molecule has 4 heteroatoms. The Balaban J connectivity index is 2.09. The van der Waals surface area contributed by atoms with Gasteiger partial charge >= 0.3 is 5.97 Å². The van der Waals surface area contributed by atoms with E-state index in [1.54, 1.807) is 0 Å². The SMILES string of the molecule is COC(=O)[C@@H]1N[C@]2(F)CC[C@H]1C2.